The Labute approximate surface area is 149 Å². The molecule has 1 aliphatic carbocycles. The summed E-state index contributed by atoms with van der Waals surface area (Å²) in [6.07, 6.45) is 10.4. The maximum absolute atomic E-state index is 11.5. The maximum atomic E-state index is 11.5. The lowest BCUT2D eigenvalue weighted by Gasteiger charge is -2.33. The Bertz CT molecular complexity index is 644. The summed E-state index contributed by atoms with van der Waals surface area (Å²) in [6.45, 7) is 7.59. The number of fused-ring (bicyclic) bond motifs is 1. The van der Waals surface area contributed by atoms with Crippen LogP contribution in [0.4, 0.5) is 0 Å². The van der Waals surface area contributed by atoms with Crippen molar-refractivity contribution in [1.82, 2.24) is 24.6 Å². The highest BCUT2D eigenvalue weighted by molar-refractivity contribution is 5.73. The summed E-state index contributed by atoms with van der Waals surface area (Å²) in [7, 11) is 0. The lowest BCUT2D eigenvalue weighted by molar-refractivity contribution is -0.129. The first-order chi connectivity index (χ1) is 12.2. The quantitative estimate of drug-likeness (QED) is 0.790. The number of hydrogen-bond donors (Lipinski definition) is 0. The fourth-order valence-electron chi connectivity index (χ4n) is 4.53. The van der Waals surface area contributed by atoms with E-state index >= 15 is 0 Å². The Morgan fingerprint density at radius 1 is 1.12 bits per heavy atom. The molecule has 4 rings (SSSR count). The van der Waals surface area contributed by atoms with Crippen molar-refractivity contribution >= 4 is 5.91 Å². The Morgan fingerprint density at radius 3 is 2.68 bits per heavy atom. The summed E-state index contributed by atoms with van der Waals surface area (Å²) >= 11 is 0. The number of likely N-dealkylation sites (tertiary alicyclic amines) is 1. The number of allylic oxidation sites excluding steroid dienone is 2. The molecule has 6 heteroatoms. The molecule has 3 aliphatic rings. The van der Waals surface area contributed by atoms with Crippen LogP contribution in [0, 0.1) is 5.92 Å². The Balaban J connectivity index is 1.37. The molecule has 0 aromatic carbocycles. The largest absolute Gasteiger partial charge is 0.343 e. The van der Waals surface area contributed by atoms with Gasteiger partial charge in [-0.1, -0.05) is 12.2 Å². The smallest absolute Gasteiger partial charge is 0.219 e. The lowest BCUT2D eigenvalue weighted by Crippen LogP contribution is -2.39. The van der Waals surface area contributed by atoms with E-state index in [0.717, 1.165) is 63.1 Å². The summed E-state index contributed by atoms with van der Waals surface area (Å²) in [5.41, 5.74) is 0. The Kier molecular flexibility index (Phi) is 4.88. The Hall–Kier alpha value is -1.69. The minimum atomic E-state index is 0.190. The van der Waals surface area contributed by atoms with Gasteiger partial charge in [-0.15, -0.1) is 10.2 Å². The van der Waals surface area contributed by atoms with Crippen LogP contribution in [0.2, 0.25) is 0 Å². The van der Waals surface area contributed by atoms with Crippen LogP contribution in [0.15, 0.2) is 12.2 Å². The van der Waals surface area contributed by atoms with Gasteiger partial charge in [0.2, 0.25) is 5.91 Å². The number of aromatic nitrogens is 3. The molecule has 2 aliphatic heterocycles. The van der Waals surface area contributed by atoms with Crippen LogP contribution < -0.4 is 0 Å². The molecule has 0 unspecified atom stereocenters. The zero-order valence-electron chi connectivity index (χ0n) is 15.2. The van der Waals surface area contributed by atoms with Crippen molar-refractivity contribution in [1.29, 1.82) is 0 Å². The summed E-state index contributed by atoms with van der Waals surface area (Å²) in [5, 5.41) is 9.05. The van der Waals surface area contributed by atoms with E-state index in [-0.39, 0.29) is 5.91 Å². The van der Waals surface area contributed by atoms with Crippen LogP contribution in [0.25, 0.3) is 0 Å². The van der Waals surface area contributed by atoms with Gasteiger partial charge in [0.15, 0.2) is 0 Å². The summed E-state index contributed by atoms with van der Waals surface area (Å²) in [4.78, 5) is 16.0. The van der Waals surface area contributed by atoms with Gasteiger partial charge in [0.25, 0.3) is 0 Å². The molecular formula is C19H29N5O. The van der Waals surface area contributed by atoms with Crippen molar-refractivity contribution in [2.45, 2.75) is 58.0 Å². The molecule has 1 atom stereocenters. The molecule has 0 bridgehead atoms. The first-order valence-corrected chi connectivity index (χ1v) is 9.75. The monoisotopic (exact) mass is 343 g/mol. The molecule has 6 nitrogen and oxygen atoms in total. The molecule has 0 spiro atoms. The number of rotatable bonds is 3. The number of hydrogen-bond acceptors (Lipinski definition) is 4. The molecule has 0 N–H and O–H groups in total. The summed E-state index contributed by atoms with van der Waals surface area (Å²) in [5.74, 6) is 3.72. The number of piperidine rings is 1. The van der Waals surface area contributed by atoms with Crippen LogP contribution in [0.3, 0.4) is 0 Å². The van der Waals surface area contributed by atoms with E-state index in [9.17, 15) is 4.79 Å². The second-order valence-electron chi connectivity index (χ2n) is 7.79. The predicted octanol–water partition coefficient (Wildman–Crippen LogP) is 2.18. The van der Waals surface area contributed by atoms with Crippen molar-refractivity contribution in [2.24, 2.45) is 5.92 Å². The molecule has 1 aromatic rings. The van der Waals surface area contributed by atoms with Gasteiger partial charge in [-0.3, -0.25) is 9.69 Å². The van der Waals surface area contributed by atoms with Gasteiger partial charge in [-0.2, -0.15) is 0 Å². The van der Waals surface area contributed by atoms with Gasteiger partial charge in [-0.25, -0.2) is 0 Å². The van der Waals surface area contributed by atoms with Crippen molar-refractivity contribution in [2.75, 3.05) is 26.2 Å². The Morgan fingerprint density at radius 2 is 1.96 bits per heavy atom. The maximum Gasteiger partial charge on any atom is 0.219 e. The third-order valence-corrected chi connectivity index (χ3v) is 6.06. The molecule has 136 valence electrons. The van der Waals surface area contributed by atoms with Gasteiger partial charge in [0, 0.05) is 45.6 Å². The van der Waals surface area contributed by atoms with E-state index in [1.807, 2.05) is 4.90 Å². The highest BCUT2D eigenvalue weighted by Crippen LogP contribution is 2.29. The molecule has 3 heterocycles. The van der Waals surface area contributed by atoms with Crippen molar-refractivity contribution in [3.8, 4) is 0 Å². The molecule has 1 aromatic heterocycles. The fourth-order valence-corrected chi connectivity index (χ4v) is 4.53. The zero-order valence-corrected chi connectivity index (χ0v) is 15.2. The second kappa shape index (κ2) is 7.28. The molecule has 25 heavy (non-hydrogen) atoms. The van der Waals surface area contributed by atoms with Gasteiger partial charge in [0.1, 0.15) is 11.6 Å². The lowest BCUT2D eigenvalue weighted by atomic mass is 9.93. The average Bonchev–Trinajstić information content (AvgIpc) is 3.06. The third-order valence-electron chi connectivity index (χ3n) is 6.06. The van der Waals surface area contributed by atoms with Crippen molar-refractivity contribution < 1.29 is 4.79 Å². The predicted molar refractivity (Wildman–Crippen MR) is 96.0 cm³/mol. The van der Waals surface area contributed by atoms with Crippen LogP contribution in [-0.2, 0) is 17.9 Å². The minimum absolute atomic E-state index is 0.190. The van der Waals surface area contributed by atoms with E-state index in [1.165, 1.54) is 25.8 Å². The van der Waals surface area contributed by atoms with E-state index < -0.39 is 0 Å². The molecule has 0 radical (unpaired) electrons. The molecular weight excluding hydrogens is 314 g/mol. The van der Waals surface area contributed by atoms with E-state index in [1.54, 1.807) is 6.92 Å². The van der Waals surface area contributed by atoms with Crippen LogP contribution in [0.5, 0.6) is 0 Å². The highest BCUT2D eigenvalue weighted by Gasteiger charge is 2.29. The molecule has 1 saturated heterocycles. The summed E-state index contributed by atoms with van der Waals surface area (Å²) < 4.78 is 2.35. The standard InChI is InChI=1S/C19H29N5O/c1-15(25)23-9-7-17(8-10-23)19-21-20-18-14-22(11-12-24(18)19)13-16-5-3-2-4-6-16/h2-3,16-17H,4-14H2,1H3/t16-/m0/s1. The number of nitrogens with zero attached hydrogens (tertiary/aromatic N) is 5. The van der Waals surface area contributed by atoms with Gasteiger partial charge < -0.3 is 9.47 Å². The average molecular weight is 343 g/mol. The fraction of sp³-hybridized carbons (Fsp3) is 0.737. The normalized spacial score (nSPS) is 25.2. The van der Waals surface area contributed by atoms with Crippen molar-refractivity contribution in [3.63, 3.8) is 0 Å². The van der Waals surface area contributed by atoms with Gasteiger partial charge in [0.05, 0.1) is 6.54 Å². The van der Waals surface area contributed by atoms with Crippen LogP contribution in [-0.4, -0.2) is 56.7 Å². The summed E-state index contributed by atoms with van der Waals surface area (Å²) in [6, 6.07) is 0. The van der Waals surface area contributed by atoms with Crippen LogP contribution >= 0.6 is 0 Å². The minimum Gasteiger partial charge on any atom is -0.343 e. The first-order valence-electron chi connectivity index (χ1n) is 9.75. The second-order valence-corrected chi connectivity index (χ2v) is 7.79. The van der Waals surface area contributed by atoms with Gasteiger partial charge >= 0.3 is 0 Å². The van der Waals surface area contributed by atoms with Crippen LogP contribution in [0.1, 0.15) is 56.6 Å². The topological polar surface area (TPSA) is 54.3 Å². The zero-order chi connectivity index (χ0) is 17.2. The van der Waals surface area contributed by atoms with E-state index in [0.29, 0.717) is 5.92 Å². The number of amides is 1. The molecule has 1 fully saturated rings. The molecule has 1 amide bonds. The third kappa shape index (κ3) is 3.64. The van der Waals surface area contributed by atoms with Crippen molar-refractivity contribution in [3.05, 3.63) is 23.8 Å². The van der Waals surface area contributed by atoms with Gasteiger partial charge in [-0.05, 0) is 38.0 Å². The highest BCUT2D eigenvalue weighted by atomic mass is 16.2. The molecule has 0 saturated carbocycles. The number of carbonyl (C=O) groups is 1. The van der Waals surface area contributed by atoms with E-state index in [2.05, 4.69) is 31.8 Å². The van der Waals surface area contributed by atoms with E-state index in [4.69, 9.17) is 0 Å². The first kappa shape index (κ1) is 16.8. The number of carbonyl (C=O) groups excluding carboxylic acids is 1. The SMILES string of the molecule is CC(=O)N1CCC(c2nnc3n2CCN(C[C@H]2CC=CCC2)C3)CC1.